The third kappa shape index (κ3) is 4.11. The van der Waals surface area contributed by atoms with Gasteiger partial charge in [-0.3, -0.25) is 9.59 Å². The molecule has 2 heterocycles. The molecule has 1 N–H and O–H groups in total. The largest absolute Gasteiger partial charge is 0.493 e. The third-order valence-corrected chi connectivity index (χ3v) is 5.12. The van der Waals surface area contributed by atoms with Crippen molar-refractivity contribution in [2.75, 3.05) is 20.8 Å². The van der Waals surface area contributed by atoms with Crippen LogP contribution in [0.5, 0.6) is 11.5 Å². The fourth-order valence-corrected chi connectivity index (χ4v) is 3.52. The van der Waals surface area contributed by atoms with Crippen molar-refractivity contribution in [3.05, 3.63) is 50.7 Å². The molecule has 0 unspecified atom stereocenters. The van der Waals surface area contributed by atoms with Crippen LogP contribution in [-0.4, -0.2) is 41.5 Å². The van der Waals surface area contributed by atoms with Gasteiger partial charge in [-0.05, 0) is 24.4 Å². The quantitative estimate of drug-likeness (QED) is 0.674. The van der Waals surface area contributed by atoms with E-state index in [9.17, 15) is 9.59 Å². The van der Waals surface area contributed by atoms with E-state index in [1.165, 1.54) is 14.2 Å². The van der Waals surface area contributed by atoms with E-state index < -0.39 is 0 Å². The summed E-state index contributed by atoms with van der Waals surface area (Å²) in [6.07, 6.45) is 0.342. The van der Waals surface area contributed by atoms with E-state index in [2.05, 4.69) is 9.97 Å². The van der Waals surface area contributed by atoms with Gasteiger partial charge in [0.1, 0.15) is 5.82 Å². The van der Waals surface area contributed by atoms with Crippen molar-refractivity contribution in [1.29, 1.82) is 0 Å². The summed E-state index contributed by atoms with van der Waals surface area (Å²) in [6, 6.07) is 7.12. The molecule has 0 saturated heterocycles. The molecule has 0 aliphatic heterocycles. The van der Waals surface area contributed by atoms with Crippen LogP contribution >= 0.6 is 11.3 Å². The Morgan fingerprint density at radius 3 is 2.63 bits per heavy atom. The minimum Gasteiger partial charge on any atom is -0.493 e. The van der Waals surface area contributed by atoms with E-state index in [1.807, 2.05) is 24.4 Å². The molecule has 7 nitrogen and oxygen atoms in total. The van der Waals surface area contributed by atoms with E-state index in [0.29, 0.717) is 41.2 Å². The summed E-state index contributed by atoms with van der Waals surface area (Å²) < 4.78 is 10.5. The first-order valence-electron chi connectivity index (χ1n) is 8.50. The van der Waals surface area contributed by atoms with Crippen LogP contribution in [-0.2, 0) is 17.8 Å². The summed E-state index contributed by atoms with van der Waals surface area (Å²) in [4.78, 5) is 35.0. The van der Waals surface area contributed by atoms with E-state index in [0.717, 1.165) is 4.88 Å². The highest BCUT2D eigenvalue weighted by molar-refractivity contribution is 7.10. The number of aromatic amines is 1. The second-order valence-corrected chi connectivity index (χ2v) is 6.93. The number of thiophene rings is 1. The molecule has 0 saturated carbocycles. The van der Waals surface area contributed by atoms with Gasteiger partial charge in [-0.2, -0.15) is 0 Å². The van der Waals surface area contributed by atoms with Crippen molar-refractivity contribution in [2.24, 2.45) is 0 Å². The smallest absolute Gasteiger partial charge is 0.258 e. The molecule has 0 spiro atoms. The highest BCUT2D eigenvalue weighted by Crippen LogP contribution is 2.29. The van der Waals surface area contributed by atoms with Gasteiger partial charge in [-0.15, -0.1) is 11.3 Å². The lowest BCUT2D eigenvalue weighted by Crippen LogP contribution is -2.32. The van der Waals surface area contributed by atoms with Crippen LogP contribution in [0.1, 0.15) is 17.6 Å². The summed E-state index contributed by atoms with van der Waals surface area (Å²) in [7, 11) is 3.04. The summed E-state index contributed by atoms with van der Waals surface area (Å²) in [5.41, 5.74) is 0.214. The summed E-state index contributed by atoms with van der Waals surface area (Å²) in [5.74, 6) is 1.39. The maximum atomic E-state index is 12.6. The van der Waals surface area contributed by atoms with Crippen molar-refractivity contribution in [3.8, 4) is 11.5 Å². The predicted octanol–water partition coefficient (Wildman–Crippen LogP) is 2.59. The van der Waals surface area contributed by atoms with Gasteiger partial charge >= 0.3 is 0 Å². The SMILES string of the molecule is CCN(Cc1nc2cc(OC)c(OC)cc2c(=O)[nH]1)C(=O)Cc1cccs1. The number of fused-ring (bicyclic) bond motifs is 1. The number of amides is 1. The first-order valence-corrected chi connectivity index (χ1v) is 9.38. The van der Waals surface area contributed by atoms with Crippen LogP contribution in [0.4, 0.5) is 0 Å². The number of ether oxygens (including phenoxy) is 2. The van der Waals surface area contributed by atoms with Crippen molar-refractivity contribution in [2.45, 2.75) is 19.9 Å². The molecule has 0 bridgehead atoms. The zero-order valence-electron chi connectivity index (χ0n) is 15.4. The average Bonchev–Trinajstić information content (AvgIpc) is 3.18. The first-order chi connectivity index (χ1) is 13.0. The van der Waals surface area contributed by atoms with Crippen LogP contribution in [0.3, 0.4) is 0 Å². The van der Waals surface area contributed by atoms with Crippen LogP contribution in [0.25, 0.3) is 10.9 Å². The Morgan fingerprint density at radius 1 is 1.26 bits per heavy atom. The Bertz CT molecular complexity index is 998. The number of methoxy groups -OCH3 is 2. The van der Waals surface area contributed by atoms with Crippen LogP contribution in [0.2, 0.25) is 0 Å². The molecule has 0 atom stereocenters. The number of carbonyl (C=O) groups is 1. The monoisotopic (exact) mass is 387 g/mol. The molecular formula is C19H21N3O4S. The Labute approximate surface area is 160 Å². The molecule has 8 heteroatoms. The second-order valence-electron chi connectivity index (χ2n) is 5.90. The van der Waals surface area contributed by atoms with E-state index in [-0.39, 0.29) is 18.0 Å². The van der Waals surface area contributed by atoms with Crippen molar-refractivity contribution >= 4 is 28.1 Å². The maximum Gasteiger partial charge on any atom is 0.258 e. The van der Waals surface area contributed by atoms with Crippen molar-refractivity contribution in [3.63, 3.8) is 0 Å². The normalized spacial score (nSPS) is 10.8. The molecule has 142 valence electrons. The highest BCUT2D eigenvalue weighted by Gasteiger charge is 2.16. The number of rotatable bonds is 7. The molecule has 0 fully saturated rings. The predicted molar refractivity (Wildman–Crippen MR) is 105 cm³/mol. The van der Waals surface area contributed by atoms with Gasteiger partial charge < -0.3 is 19.4 Å². The van der Waals surface area contributed by atoms with Crippen molar-refractivity contribution < 1.29 is 14.3 Å². The first kappa shape index (κ1) is 18.9. The lowest BCUT2D eigenvalue weighted by atomic mass is 10.2. The number of likely N-dealkylation sites (N-methyl/N-ethyl adjacent to an activating group) is 1. The standard InChI is InChI=1S/C19H21N3O4S/c1-4-22(18(23)8-12-6-5-7-27-12)11-17-20-14-10-16(26-3)15(25-2)9-13(14)19(24)21-17/h5-7,9-10H,4,8,11H2,1-3H3,(H,20,21,24). The molecular weight excluding hydrogens is 366 g/mol. The number of carbonyl (C=O) groups excluding carboxylic acids is 1. The van der Waals surface area contributed by atoms with Gasteiger partial charge in [0, 0.05) is 17.5 Å². The van der Waals surface area contributed by atoms with Crippen LogP contribution < -0.4 is 15.0 Å². The lowest BCUT2D eigenvalue weighted by Gasteiger charge is -2.20. The van der Waals surface area contributed by atoms with E-state index in [1.54, 1.807) is 28.4 Å². The molecule has 1 aromatic carbocycles. The molecule has 27 heavy (non-hydrogen) atoms. The van der Waals surface area contributed by atoms with Crippen LogP contribution in [0, 0.1) is 0 Å². The molecule has 2 aromatic heterocycles. The summed E-state index contributed by atoms with van der Waals surface area (Å²) in [6.45, 7) is 2.66. The van der Waals surface area contributed by atoms with Crippen LogP contribution in [0.15, 0.2) is 34.4 Å². The molecule has 3 rings (SSSR count). The summed E-state index contributed by atoms with van der Waals surface area (Å²) in [5, 5.41) is 2.35. The minimum atomic E-state index is -0.280. The zero-order valence-corrected chi connectivity index (χ0v) is 16.3. The zero-order chi connectivity index (χ0) is 19.4. The summed E-state index contributed by atoms with van der Waals surface area (Å²) >= 11 is 1.55. The maximum absolute atomic E-state index is 12.6. The Kier molecular flexibility index (Phi) is 5.75. The van der Waals surface area contributed by atoms with Gasteiger partial charge in [0.25, 0.3) is 5.56 Å². The Balaban J connectivity index is 1.89. The van der Waals surface area contributed by atoms with Gasteiger partial charge in [0.2, 0.25) is 5.91 Å². The number of hydrogen-bond acceptors (Lipinski definition) is 6. The van der Waals surface area contributed by atoms with Gasteiger partial charge in [-0.25, -0.2) is 4.98 Å². The number of nitrogens with zero attached hydrogens (tertiary/aromatic N) is 2. The Hall–Kier alpha value is -2.87. The number of benzene rings is 1. The molecule has 0 aliphatic rings. The third-order valence-electron chi connectivity index (χ3n) is 4.24. The topological polar surface area (TPSA) is 84.5 Å². The van der Waals surface area contributed by atoms with E-state index in [4.69, 9.17) is 9.47 Å². The van der Waals surface area contributed by atoms with Crippen molar-refractivity contribution in [1.82, 2.24) is 14.9 Å². The molecule has 0 radical (unpaired) electrons. The number of hydrogen-bond donors (Lipinski definition) is 1. The fraction of sp³-hybridized carbons (Fsp3) is 0.316. The fourth-order valence-electron chi connectivity index (χ4n) is 2.82. The minimum absolute atomic E-state index is 0.00462. The van der Waals surface area contributed by atoms with E-state index >= 15 is 0 Å². The number of aromatic nitrogens is 2. The molecule has 1 amide bonds. The van der Waals surface area contributed by atoms with Gasteiger partial charge in [0.15, 0.2) is 11.5 Å². The Morgan fingerprint density at radius 2 is 2.00 bits per heavy atom. The highest BCUT2D eigenvalue weighted by atomic mass is 32.1. The van der Waals surface area contributed by atoms with Gasteiger partial charge in [0.05, 0.1) is 38.1 Å². The molecule has 3 aromatic rings. The average molecular weight is 387 g/mol. The number of nitrogens with one attached hydrogen (secondary N) is 1. The second kappa shape index (κ2) is 8.22. The lowest BCUT2D eigenvalue weighted by molar-refractivity contribution is -0.130. The number of H-pyrrole nitrogens is 1. The molecule has 0 aliphatic carbocycles. The van der Waals surface area contributed by atoms with Gasteiger partial charge in [-0.1, -0.05) is 6.07 Å².